The van der Waals surface area contributed by atoms with Gasteiger partial charge in [0.05, 0.1) is 10.8 Å². The van der Waals surface area contributed by atoms with Crippen molar-refractivity contribution in [2.75, 3.05) is 0 Å². The Kier molecular flexibility index (Phi) is 6.78. The summed E-state index contributed by atoms with van der Waals surface area (Å²) in [6.07, 6.45) is 7.59. The summed E-state index contributed by atoms with van der Waals surface area (Å²) in [5.74, 6) is 0. The molecule has 1 nitrogen and oxygen atoms in total. The van der Waals surface area contributed by atoms with Crippen LogP contribution in [0.25, 0.3) is 0 Å². The van der Waals surface area contributed by atoms with E-state index >= 15 is 0 Å². The number of allylic oxidation sites excluding steroid dienone is 4. The SMILES string of the molecule is C=C/C=C(\C)CCC=C=CS(=O)c1ccccc1. The standard InChI is InChI=1S/C16H18OS/c1-3-10-15(2)11-6-5-9-14-18(17)16-12-7-4-8-13-16/h3-5,7-8,10,12-14H,1,6,11H2,2H3/b15-10+. The maximum atomic E-state index is 11.8. The van der Waals surface area contributed by atoms with Crippen molar-refractivity contribution in [1.82, 2.24) is 0 Å². The van der Waals surface area contributed by atoms with Gasteiger partial charge in [-0.25, -0.2) is 4.21 Å². The van der Waals surface area contributed by atoms with Gasteiger partial charge in [-0.1, -0.05) is 42.5 Å². The van der Waals surface area contributed by atoms with E-state index in [9.17, 15) is 4.21 Å². The fourth-order valence-corrected chi connectivity index (χ4v) is 2.18. The quantitative estimate of drug-likeness (QED) is 0.547. The van der Waals surface area contributed by atoms with Gasteiger partial charge in [-0.05, 0) is 38.0 Å². The van der Waals surface area contributed by atoms with E-state index in [-0.39, 0.29) is 0 Å². The van der Waals surface area contributed by atoms with E-state index in [0.29, 0.717) is 0 Å². The zero-order chi connectivity index (χ0) is 13.2. The highest BCUT2D eigenvalue weighted by Crippen LogP contribution is 2.07. The highest BCUT2D eigenvalue weighted by atomic mass is 32.2. The van der Waals surface area contributed by atoms with Crippen LogP contribution in [0.2, 0.25) is 0 Å². The van der Waals surface area contributed by atoms with Gasteiger partial charge in [0.2, 0.25) is 0 Å². The Hall–Kier alpha value is -1.63. The van der Waals surface area contributed by atoms with Crippen LogP contribution in [-0.2, 0) is 10.8 Å². The highest BCUT2D eigenvalue weighted by Gasteiger charge is 1.95. The molecule has 1 atom stereocenters. The average molecular weight is 258 g/mol. The van der Waals surface area contributed by atoms with E-state index in [4.69, 9.17) is 0 Å². The van der Waals surface area contributed by atoms with Crippen molar-refractivity contribution < 1.29 is 4.21 Å². The monoisotopic (exact) mass is 258 g/mol. The number of hydrogen-bond donors (Lipinski definition) is 0. The Morgan fingerprint density at radius 2 is 2.11 bits per heavy atom. The van der Waals surface area contributed by atoms with Crippen LogP contribution in [0.5, 0.6) is 0 Å². The first-order chi connectivity index (χ1) is 8.74. The molecule has 0 fully saturated rings. The summed E-state index contributed by atoms with van der Waals surface area (Å²) in [6.45, 7) is 5.72. The van der Waals surface area contributed by atoms with Crippen molar-refractivity contribution in [3.63, 3.8) is 0 Å². The molecule has 0 spiro atoms. The minimum atomic E-state index is -1.10. The van der Waals surface area contributed by atoms with Gasteiger partial charge in [0.25, 0.3) is 0 Å². The molecular weight excluding hydrogens is 240 g/mol. The second kappa shape index (κ2) is 8.46. The molecule has 0 aromatic heterocycles. The molecule has 0 aliphatic heterocycles. The number of hydrogen-bond acceptors (Lipinski definition) is 1. The lowest BCUT2D eigenvalue weighted by Gasteiger charge is -1.94. The third-order valence-electron chi connectivity index (χ3n) is 2.35. The molecule has 0 radical (unpaired) electrons. The van der Waals surface area contributed by atoms with Crippen LogP contribution in [0.4, 0.5) is 0 Å². The second-order valence-corrected chi connectivity index (χ2v) is 5.19. The molecule has 0 amide bonds. The largest absolute Gasteiger partial charge is 0.249 e. The first-order valence-corrected chi connectivity index (χ1v) is 7.10. The van der Waals surface area contributed by atoms with Crippen LogP contribution in [0.15, 0.2) is 76.7 Å². The van der Waals surface area contributed by atoms with E-state index in [2.05, 4.69) is 19.2 Å². The predicted octanol–water partition coefficient (Wildman–Crippen LogP) is 4.38. The molecule has 0 aliphatic rings. The predicted molar refractivity (Wildman–Crippen MR) is 78.7 cm³/mol. The maximum absolute atomic E-state index is 11.8. The summed E-state index contributed by atoms with van der Waals surface area (Å²) in [6, 6.07) is 9.38. The third kappa shape index (κ3) is 5.62. The molecule has 1 unspecified atom stereocenters. The average Bonchev–Trinajstić information content (AvgIpc) is 2.39. The lowest BCUT2D eigenvalue weighted by Crippen LogP contribution is -1.83. The molecule has 0 heterocycles. The van der Waals surface area contributed by atoms with Gasteiger partial charge >= 0.3 is 0 Å². The van der Waals surface area contributed by atoms with Gasteiger partial charge in [-0.15, -0.1) is 5.73 Å². The lowest BCUT2D eigenvalue weighted by atomic mass is 10.1. The van der Waals surface area contributed by atoms with Crippen molar-refractivity contribution in [1.29, 1.82) is 0 Å². The van der Waals surface area contributed by atoms with E-state index in [1.807, 2.05) is 42.5 Å². The van der Waals surface area contributed by atoms with Crippen molar-refractivity contribution in [2.45, 2.75) is 24.7 Å². The Balaban J connectivity index is 2.47. The normalized spacial score (nSPS) is 12.4. The highest BCUT2D eigenvalue weighted by molar-refractivity contribution is 7.88. The Labute approximate surface area is 112 Å². The summed E-state index contributed by atoms with van der Waals surface area (Å²) >= 11 is 0. The zero-order valence-corrected chi connectivity index (χ0v) is 11.5. The van der Waals surface area contributed by atoms with Crippen LogP contribution in [0.3, 0.4) is 0 Å². The van der Waals surface area contributed by atoms with Crippen molar-refractivity contribution in [3.05, 3.63) is 71.9 Å². The minimum absolute atomic E-state index is 0.807. The molecule has 0 bridgehead atoms. The molecule has 0 aliphatic carbocycles. The Bertz CT molecular complexity index is 491. The third-order valence-corrected chi connectivity index (χ3v) is 3.44. The van der Waals surface area contributed by atoms with Crippen LogP contribution in [0.1, 0.15) is 19.8 Å². The van der Waals surface area contributed by atoms with Gasteiger partial charge in [-0.2, -0.15) is 0 Å². The summed E-state index contributed by atoms with van der Waals surface area (Å²) < 4.78 is 11.8. The number of benzene rings is 1. The van der Waals surface area contributed by atoms with Crippen LogP contribution < -0.4 is 0 Å². The van der Waals surface area contributed by atoms with Crippen LogP contribution in [-0.4, -0.2) is 4.21 Å². The summed E-state index contributed by atoms with van der Waals surface area (Å²) in [5.41, 5.74) is 4.26. The molecule has 1 aromatic rings. The molecule has 18 heavy (non-hydrogen) atoms. The lowest BCUT2D eigenvalue weighted by molar-refractivity contribution is 0.688. The number of rotatable bonds is 6. The molecule has 0 saturated heterocycles. The summed E-state index contributed by atoms with van der Waals surface area (Å²) in [4.78, 5) is 0.807. The van der Waals surface area contributed by atoms with Gasteiger partial charge in [0, 0.05) is 10.3 Å². The topological polar surface area (TPSA) is 17.1 Å². The molecule has 0 saturated carbocycles. The molecule has 1 rings (SSSR count). The Morgan fingerprint density at radius 3 is 2.78 bits per heavy atom. The van der Waals surface area contributed by atoms with Crippen molar-refractivity contribution in [2.24, 2.45) is 0 Å². The van der Waals surface area contributed by atoms with Gasteiger partial charge in [0.15, 0.2) is 0 Å². The van der Waals surface area contributed by atoms with E-state index in [1.54, 1.807) is 11.5 Å². The Morgan fingerprint density at radius 1 is 1.39 bits per heavy atom. The zero-order valence-electron chi connectivity index (χ0n) is 10.6. The van der Waals surface area contributed by atoms with Gasteiger partial charge in [0.1, 0.15) is 0 Å². The molecule has 1 aromatic carbocycles. The fraction of sp³-hybridized carbons (Fsp3) is 0.188. The minimum Gasteiger partial charge on any atom is -0.249 e. The maximum Gasteiger partial charge on any atom is 0.0854 e. The van der Waals surface area contributed by atoms with E-state index in [0.717, 1.165) is 17.7 Å². The molecule has 0 N–H and O–H groups in total. The van der Waals surface area contributed by atoms with Crippen molar-refractivity contribution >= 4 is 10.8 Å². The van der Waals surface area contributed by atoms with Crippen LogP contribution in [0, 0.1) is 0 Å². The first-order valence-electron chi connectivity index (χ1n) is 5.89. The molecular formula is C16H18OS. The molecule has 2 heteroatoms. The van der Waals surface area contributed by atoms with E-state index in [1.165, 1.54) is 5.57 Å². The second-order valence-electron chi connectivity index (χ2n) is 3.89. The van der Waals surface area contributed by atoms with Crippen molar-refractivity contribution in [3.8, 4) is 0 Å². The van der Waals surface area contributed by atoms with Crippen LogP contribution >= 0.6 is 0 Å². The summed E-state index contributed by atoms with van der Waals surface area (Å²) in [5, 5.41) is 1.60. The first kappa shape index (κ1) is 14.4. The fourth-order valence-electron chi connectivity index (χ4n) is 1.40. The van der Waals surface area contributed by atoms with Gasteiger partial charge < -0.3 is 0 Å². The summed E-state index contributed by atoms with van der Waals surface area (Å²) in [7, 11) is -1.10. The van der Waals surface area contributed by atoms with E-state index < -0.39 is 10.8 Å². The molecule has 94 valence electrons. The van der Waals surface area contributed by atoms with Gasteiger partial charge in [-0.3, -0.25) is 0 Å². The smallest absolute Gasteiger partial charge is 0.0854 e.